The smallest absolute Gasteiger partial charge is 0.313 e. The first-order valence-corrected chi connectivity index (χ1v) is 5.35. The van der Waals surface area contributed by atoms with Gasteiger partial charge in [0.15, 0.2) is 0 Å². The minimum atomic E-state index is -0.782. The van der Waals surface area contributed by atoms with Crippen molar-refractivity contribution in [3.05, 3.63) is 37.9 Å². The van der Waals surface area contributed by atoms with Crippen LogP contribution in [-0.4, -0.2) is 18.0 Å². The molecular formula is C10H9Cl2NO4. The van der Waals surface area contributed by atoms with Crippen LogP contribution in [-0.2, 0) is 9.53 Å². The van der Waals surface area contributed by atoms with E-state index in [4.69, 9.17) is 23.2 Å². The highest BCUT2D eigenvalue weighted by atomic mass is 35.5. The van der Waals surface area contributed by atoms with E-state index in [0.29, 0.717) is 0 Å². The number of carbonyl (C=O) groups is 1. The number of nitro benzene ring substituents is 1. The first-order chi connectivity index (χ1) is 7.88. The Kier molecular flexibility index (Phi) is 4.31. The van der Waals surface area contributed by atoms with Crippen molar-refractivity contribution < 1.29 is 14.5 Å². The molecule has 0 radical (unpaired) electrons. The second kappa shape index (κ2) is 5.33. The number of esters is 1. The fourth-order valence-electron chi connectivity index (χ4n) is 1.36. The first-order valence-electron chi connectivity index (χ1n) is 4.59. The number of nitro groups is 1. The molecule has 0 spiro atoms. The molecule has 0 aliphatic rings. The molecule has 0 heterocycles. The molecule has 0 saturated heterocycles. The van der Waals surface area contributed by atoms with Gasteiger partial charge in [0.1, 0.15) is 0 Å². The minimum absolute atomic E-state index is 0.0687. The first kappa shape index (κ1) is 13.7. The summed E-state index contributed by atoms with van der Waals surface area (Å²) in [6.07, 6.45) is 0. The van der Waals surface area contributed by atoms with Crippen molar-refractivity contribution >= 4 is 34.9 Å². The Bertz CT molecular complexity index is 476. The molecule has 1 atom stereocenters. The van der Waals surface area contributed by atoms with E-state index in [2.05, 4.69) is 4.74 Å². The van der Waals surface area contributed by atoms with Crippen LogP contribution < -0.4 is 0 Å². The maximum atomic E-state index is 11.4. The molecule has 92 valence electrons. The number of halogens is 2. The largest absolute Gasteiger partial charge is 0.469 e. The van der Waals surface area contributed by atoms with Crippen molar-refractivity contribution in [2.24, 2.45) is 0 Å². The number of methoxy groups -OCH3 is 1. The Morgan fingerprint density at radius 1 is 1.41 bits per heavy atom. The van der Waals surface area contributed by atoms with Crippen LogP contribution in [0.2, 0.25) is 10.0 Å². The van der Waals surface area contributed by atoms with Gasteiger partial charge >= 0.3 is 5.97 Å². The second-order valence-electron chi connectivity index (χ2n) is 3.33. The van der Waals surface area contributed by atoms with Crippen molar-refractivity contribution in [3.63, 3.8) is 0 Å². The van der Waals surface area contributed by atoms with Crippen LogP contribution in [0.25, 0.3) is 0 Å². The van der Waals surface area contributed by atoms with E-state index < -0.39 is 16.8 Å². The number of rotatable bonds is 3. The van der Waals surface area contributed by atoms with Gasteiger partial charge in [-0.2, -0.15) is 0 Å². The van der Waals surface area contributed by atoms with Crippen molar-refractivity contribution in [2.45, 2.75) is 12.8 Å². The summed E-state index contributed by atoms with van der Waals surface area (Å²) in [5.41, 5.74) is -0.0754. The Balaban J connectivity index is 3.35. The van der Waals surface area contributed by atoms with Crippen molar-refractivity contribution in [1.29, 1.82) is 0 Å². The van der Waals surface area contributed by atoms with Gasteiger partial charge in [-0.1, -0.05) is 23.2 Å². The zero-order chi connectivity index (χ0) is 13.2. The molecule has 5 nitrogen and oxygen atoms in total. The van der Waals surface area contributed by atoms with E-state index in [1.165, 1.54) is 20.1 Å². The average Bonchev–Trinajstić information content (AvgIpc) is 2.29. The van der Waals surface area contributed by atoms with Crippen LogP contribution >= 0.6 is 23.2 Å². The molecule has 1 rings (SSSR count). The lowest BCUT2D eigenvalue weighted by molar-refractivity contribution is -0.385. The third kappa shape index (κ3) is 2.87. The van der Waals surface area contributed by atoms with Crippen molar-refractivity contribution in [1.82, 2.24) is 0 Å². The van der Waals surface area contributed by atoms with E-state index in [1.807, 2.05) is 0 Å². The highest BCUT2D eigenvalue weighted by Crippen LogP contribution is 2.34. The van der Waals surface area contributed by atoms with Crippen LogP contribution in [0.4, 0.5) is 5.69 Å². The molecule has 1 aromatic rings. The molecule has 0 aliphatic carbocycles. The summed E-state index contributed by atoms with van der Waals surface area (Å²) in [5.74, 6) is -1.36. The van der Waals surface area contributed by atoms with E-state index >= 15 is 0 Å². The van der Waals surface area contributed by atoms with Gasteiger partial charge in [0.2, 0.25) is 0 Å². The lowest BCUT2D eigenvalue weighted by Gasteiger charge is -2.10. The maximum absolute atomic E-state index is 11.4. The number of nitrogens with zero attached hydrogens (tertiary/aromatic N) is 1. The molecule has 0 fully saturated rings. The van der Waals surface area contributed by atoms with E-state index in [-0.39, 0.29) is 21.3 Å². The Morgan fingerprint density at radius 3 is 2.41 bits per heavy atom. The lowest BCUT2D eigenvalue weighted by Crippen LogP contribution is -2.12. The minimum Gasteiger partial charge on any atom is -0.469 e. The molecule has 0 N–H and O–H groups in total. The van der Waals surface area contributed by atoms with Crippen LogP contribution in [0.1, 0.15) is 18.4 Å². The zero-order valence-electron chi connectivity index (χ0n) is 9.07. The summed E-state index contributed by atoms with van der Waals surface area (Å²) in [4.78, 5) is 21.6. The van der Waals surface area contributed by atoms with Crippen LogP contribution in [0.5, 0.6) is 0 Å². The number of carbonyl (C=O) groups excluding carboxylic acids is 1. The van der Waals surface area contributed by atoms with E-state index in [0.717, 1.165) is 6.07 Å². The van der Waals surface area contributed by atoms with Gasteiger partial charge < -0.3 is 4.74 Å². The Labute approximate surface area is 107 Å². The van der Waals surface area contributed by atoms with Crippen molar-refractivity contribution in [3.8, 4) is 0 Å². The van der Waals surface area contributed by atoms with Gasteiger partial charge in [-0.05, 0) is 13.0 Å². The van der Waals surface area contributed by atoms with Gasteiger partial charge in [0.05, 0.1) is 28.0 Å². The predicted molar refractivity (Wildman–Crippen MR) is 63.5 cm³/mol. The number of ether oxygens (including phenoxy) is 1. The highest BCUT2D eigenvalue weighted by Gasteiger charge is 2.26. The number of hydrogen-bond acceptors (Lipinski definition) is 4. The van der Waals surface area contributed by atoms with E-state index in [1.54, 1.807) is 0 Å². The third-order valence-corrected chi connectivity index (χ3v) is 3.01. The summed E-state index contributed by atoms with van der Waals surface area (Å²) >= 11 is 11.5. The second-order valence-corrected chi connectivity index (χ2v) is 4.14. The molecule has 0 saturated carbocycles. The Hall–Kier alpha value is -1.33. The van der Waals surface area contributed by atoms with Crippen molar-refractivity contribution in [2.75, 3.05) is 7.11 Å². The summed E-state index contributed by atoms with van der Waals surface area (Å²) in [7, 11) is 1.21. The summed E-state index contributed by atoms with van der Waals surface area (Å²) in [5, 5.41) is 11.1. The molecule has 0 amide bonds. The van der Waals surface area contributed by atoms with Crippen LogP contribution in [0.15, 0.2) is 12.1 Å². The molecule has 1 aromatic carbocycles. The topological polar surface area (TPSA) is 69.4 Å². The molecule has 7 heteroatoms. The third-order valence-electron chi connectivity index (χ3n) is 2.29. The quantitative estimate of drug-likeness (QED) is 0.483. The Morgan fingerprint density at radius 2 is 1.94 bits per heavy atom. The molecule has 0 bridgehead atoms. The van der Waals surface area contributed by atoms with Gasteiger partial charge in [-0.25, -0.2) is 0 Å². The predicted octanol–water partition coefficient (Wildman–Crippen LogP) is 3.18. The monoisotopic (exact) mass is 277 g/mol. The molecule has 0 aliphatic heterocycles. The molecule has 0 aromatic heterocycles. The fourth-order valence-corrected chi connectivity index (χ4v) is 1.69. The van der Waals surface area contributed by atoms with Gasteiger partial charge in [0, 0.05) is 11.6 Å². The SMILES string of the molecule is COC(=O)C(C)c1cc(Cl)c(Cl)cc1[N+](=O)[O-]. The number of benzene rings is 1. The van der Waals surface area contributed by atoms with Gasteiger partial charge in [-0.3, -0.25) is 14.9 Å². The fraction of sp³-hybridized carbons (Fsp3) is 0.300. The van der Waals surface area contributed by atoms with Gasteiger partial charge in [0.25, 0.3) is 5.69 Å². The number of hydrogen-bond donors (Lipinski definition) is 0. The lowest BCUT2D eigenvalue weighted by atomic mass is 9.99. The van der Waals surface area contributed by atoms with Crippen LogP contribution in [0, 0.1) is 10.1 Å². The molecule has 17 heavy (non-hydrogen) atoms. The summed E-state index contributed by atoms with van der Waals surface area (Å²) in [6.45, 7) is 1.50. The zero-order valence-corrected chi connectivity index (χ0v) is 10.6. The van der Waals surface area contributed by atoms with Gasteiger partial charge in [-0.15, -0.1) is 0 Å². The summed E-state index contributed by atoms with van der Waals surface area (Å²) < 4.78 is 4.53. The average molecular weight is 278 g/mol. The molecule has 1 unspecified atom stereocenters. The normalized spacial score (nSPS) is 12.0. The van der Waals surface area contributed by atoms with E-state index in [9.17, 15) is 14.9 Å². The summed E-state index contributed by atoms with van der Waals surface area (Å²) in [6, 6.07) is 2.43. The molecular weight excluding hydrogens is 269 g/mol. The highest BCUT2D eigenvalue weighted by molar-refractivity contribution is 6.42. The maximum Gasteiger partial charge on any atom is 0.313 e. The standard InChI is InChI=1S/C10H9Cl2NO4/c1-5(10(14)17-2)6-3-7(11)8(12)4-9(6)13(15)16/h3-5H,1-2H3. The van der Waals surface area contributed by atoms with Crippen LogP contribution in [0.3, 0.4) is 0 Å².